The highest BCUT2D eigenvalue weighted by Gasteiger charge is 2.15. The summed E-state index contributed by atoms with van der Waals surface area (Å²) in [7, 11) is -0.120. The summed E-state index contributed by atoms with van der Waals surface area (Å²) in [6.07, 6.45) is 7.42. The molecule has 0 fully saturated rings. The minimum absolute atomic E-state index is 0.120. The third-order valence-electron chi connectivity index (χ3n) is 3.22. The predicted octanol–water partition coefficient (Wildman–Crippen LogP) is 5.05. The van der Waals surface area contributed by atoms with Gasteiger partial charge in [-0.25, -0.2) is 4.98 Å². The Hall–Kier alpha value is -0.740. The van der Waals surface area contributed by atoms with Crippen molar-refractivity contribution in [3.8, 4) is 0 Å². The molecular weight excluding hydrogens is 302 g/mol. The number of hydrogen-bond acceptors (Lipinski definition) is 3. The highest BCUT2D eigenvalue weighted by atomic mass is 35.5. The van der Waals surface area contributed by atoms with E-state index in [1.54, 1.807) is 0 Å². The van der Waals surface area contributed by atoms with Gasteiger partial charge in [-0.3, -0.25) is 0 Å². The van der Waals surface area contributed by atoms with E-state index in [2.05, 4.69) is 41.2 Å². The number of nitrogens with zero attached hydrogens (tertiary/aromatic N) is 2. The lowest BCUT2D eigenvalue weighted by atomic mass is 10.1. The van der Waals surface area contributed by atoms with E-state index in [9.17, 15) is 0 Å². The second kappa shape index (κ2) is 9.31. The van der Waals surface area contributed by atoms with Crippen LogP contribution in [0, 0.1) is 5.92 Å². The van der Waals surface area contributed by atoms with Crippen LogP contribution in [-0.2, 0) is 0 Å². The fourth-order valence-electron chi connectivity index (χ4n) is 2.43. The molecule has 0 aliphatic carbocycles. The summed E-state index contributed by atoms with van der Waals surface area (Å²) >= 11 is 6.44. The Morgan fingerprint density at radius 1 is 1.43 bits per heavy atom. The van der Waals surface area contributed by atoms with Crippen molar-refractivity contribution in [3.05, 3.63) is 17.3 Å². The summed E-state index contributed by atoms with van der Waals surface area (Å²) in [5, 5.41) is 0.711. The maximum Gasteiger partial charge on any atom is 0.147 e. The van der Waals surface area contributed by atoms with Gasteiger partial charge in [-0.2, -0.15) is 0 Å². The molecule has 1 N–H and O–H groups in total. The first-order chi connectivity index (χ1) is 9.97. The van der Waals surface area contributed by atoms with Crippen molar-refractivity contribution in [1.82, 2.24) is 4.98 Å². The summed E-state index contributed by atoms with van der Waals surface area (Å²) in [4.78, 5) is 6.88. The first-order valence-corrected chi connectivity index (χ1v) is 9.78. The summed E-state index contributed by atoms with van der Waals surface area (Å²) in [5.41, 5.74) is 0.933. The Bertz CT molecular complexity index is 465. The maximum atomic E-state index is 6.44. The monoisotopic (exact) mass is 329 g/mol. The Morgan fingerprint density at radius 3 is 2.67 bits per heavy atom. The van der Waals surface area contributed by atoms with Crippen molar-refractivity contribution in [2.24, 2.45) is 5.92 Å². The zero-order chi connectivity index (χ0) is 15.8. The standard InChI is InChI=1S/C16H28ClN3S/c1-6-8-13(3)12-20(9-7-2)16-15(17)10-14(11-18-16)19-21(4)5/h10-11,13,19H,4,6-9,12H2,1-3,5H3. The largest absolute Gasteiger partial charge is 0.355 e. The molecule has 0 spiro atoms. The Kier molecular flexibility index (Phi) is 8.12. The third kappa shape index (κ3) is 6.27. The van der Waals surface area contributed by atoms with Crippen LogP contribution in [-0.4, -0.2) is 30.2 Å². The molecule has 21 heavy (non-hydrogen) atoms. The second-order valence-electron chi connectivity index (χ2n) is 5.61. The van der Waals surface area contributed by atoms with Crippen molar-refractivity contribution in [1.29, 1.82) is 0 Å². The van der Waals surface area contributed by atoms with E-state index >= 15 is 0 Å². The van der Waals surface area contributed by atoms with Crippen LogP contribution in [0.25, 0.3) is 0 Å². The highest BCUT2D eigenvalue weighted by Crippen LogP contribution is 2.28. The van der Waals surface area contributed by atoms with Crippen molar-refractivity contribution in [2.75, 3.05) is 29.0 Å². The molecule has 0 aromatic carbocycles. The van der Waals surface area contributed by atoms with Gasteiger partial charge in [0, 0.05) is 13.1 Å². The number of anilines is 2. The van der Waals surface area contributed by atoms with Crippen molar-refractivity contribution in [3.63, 3.8) is 0 Å². The molecule has 1 heterocycles. The molecule has 0 amide bonds. The lowest BCUT2D eigenvalue weighted by Crippen LogP contribution is -2.30. The number of halogens is 1. The highest BCUT2D eigenvalue weighted by molar-refractivity contribution is 8.14. The van der Waals surface area contributed by atoms with E-state index in [0.717, 1.165) is 31.0 Å². The smallest absolute Gasteiger partial charge is 0.147 e. The lowest BCUT2D eigenvalue weighted by Gasteiger charge is -2.27. The van der Waals surface area contributed by atoms with Gasteiger partial charge in [0.2, 0.25) is 0 Å². The molecule has 2 atom stereocenters. The fraction of sp³-hybridized carbons (Fsp3) is 0.625. The van der Waals surface area contributed by atoms with E-state index < -0.39 is 0 Å². The van der Waals surface area contributed by atoms with Gasteiger partial charge in [-0.1, -0.05) is 44.7 Å². The number of rotatable bonds is 9. The van der Waals surface area contributed by atoms with Crippen LogP contribution < -0.4 is 9.62 Å². The summed E-state index contributed by atoms with van der Waals surface area (Å²) in [6.45, 7) is 8.71. The molecule has 0 aliphatic heterocycles. The molecule has 0 saturated carbocycles. The van der Waals surface area contributed by atoms with Crippen LogP contribution in [0.4, 0.5) is 11.5 Å². The summed E-state index contributed by atoms with van der Waals surface area (Å²) < 4.78 is 3.26. The van der Waals surface area contributed by atoms with Crippen molar-refractivity contribution in [2.45, 2.75) is 40.0 Å². The number of pyridine rings is 1. The normalized spacial score (nSPS) is 13.8. The Labute approximate surface area is 137 Å². The lowest BCUT2D eigenvalue weighted by molar-refractivity contribution is 0.508. The van der Waals surface area contributed by atoms with Crippen molar-refractivity contribution >= 4 is 39.6 Å². The molecule has 0 radical (unpaired) electrons. The van der Waals surface area contributed by atoms with Gasteiger partial charge in [-0.15, -0.1) is 10.7 Å². The van der Waals surface area contributed by atoms with E-state index in [-0.39, 0.29) is 10.7 Å². The number of nitrogens with one attached hydrogen (secondary N) is 1. The van der Waals surface area contributed by atoms with Crippen LogP contribution >= 0.6 is 22.3 Å². The van der Waals surface area contributed by atoms with Crippen LogP contribution in [0.1, 0.15) is 40.0 Å². The topological polar surface area (TPSA) is 28.2 Å². The average Bonchev–Trinajstić information content (AvgIpc) is 2.38. The Morgan fingerprint density at radius 2 is 2.14 bits per heavy atom. The maximum absolute atomic E-state index is 6.44. The predicted molar refractivity (Wildman–Crippen MR) is 100 cm³/mol. The average molecular weight is 330 g/mol. The van der Waals surface area contributed by atoms with Gasteiger partial charge in [-0.05, 0) is 31.1 Å². The van der Waals surface area contributed by atoms with Gasteiger partial charge in [0.05, 0.1) is 16.9 Å². The molecule has 120 valence electrons. The van der Waals surface area contributed by atoms with E-state index in [1.165, 1.54) is 12.8 Å². The van der Waals surface area contributed by atoms with E-state index in [1.807, 2.05) is 18.5 Å². The molecule has 0 bridgehead atoms. The summed E-state index contributed by atoms with van der Waals surface area (Å²) in [6, 6.07) is 1.95. The Balaban J connectivity index is 2.89. The molecule has 0 saturated heterocycles. The molecule has 1 aromatic heterocycles. The molecule has 0 aliphatic rings. The van der Waals surface area contributed by atoms with Gasteiger partial charge >= 0.3 is 0 Å². The van der Waals surface area contributed by atoms with Crippen LogP contribution in [0.3, 0.4) is 0 Å². The minimum atomic E-state index is -0.120. The molecule has 2 unspecified atom stereocenters. The second-order valence-corrected chi connectivity index (χ2v) is 7.49. The summed E-state index contributed by atoms with van der Waals surface area (Å²) in [5.74, 6) is 5.49. The zero-order valence-electron chi connectivity index (χ0n) is 13.7. The molecule has 1 rings (SSSR count). The SMILES string of the molecule is C=S(C)Nc1cnc(N(CCC)CC(C)CCC)c(Cl)c1. The van der Waals surface area contributed by atoms with Gasteiger partial charge in [0.15, 0.2) is 0 Å². The first kappa shape index (κ1) is 18.3. The molecule has 5 heteroatoms. The van der Waals surface area contributed by atoms with Crippen LogP contribution in [0.5, 0.6) is 0 Å². The quantitative estimate of drug-likeness (QED) is 0.643. The van der Waals surface area contributed by atoms with Gasteiger partial charge < -0.3 is 9.62 Å². The minimum Gasteiger partial charge on any atom is -0.355 e. The molecule has 1 aromatic rings. The zero-order valence-corrected chi connectivity index (χ0v) is 15.2. The number of hydrogen-bond donors (Lipinski definition) is 1. The van der Waals surface area contributed by atoms with E-state index in [0.29, 0.717) is 10.9 Å². The molecular formula is C16H28ClN3S. The van der Waals surface area contributed by atoms with Crippen molar-refractivity contribution < 1.29 is 0 Å². The van der Waals surface area contributed by atoms with Gasteiger partial charge in [0.25, 0.3) is 0 Å². The van der Waals surface area contributed by atoms with Crippen LogP contribution in [0.15, 0.2) is 12.3 Å². The molecule has 3 nitrogen and oxygen atoms in total. The van der Waals surface area contributed by atoms with Crippen LogP contribution in [0.2, 0.25) is 5.02 Å². The van der Waals surface area contributed by atoms with E-state index in [4.69, 9.17) is 11.6 Å². The number of aromatic nitrogens is 1. The fourth-order valence-corrected chi connectivity index (χ4v) is 3.23. The third-order valence-corrected chi connectivity index (χ3v) is 4.08. The van der Waals surface area contributed by atoms with Gasteiger partial charge in [0.1, 0.15) is 5.82 Å². The first-order valence-electron chi connectivity index (χ1n) is 7.60.